The molecule has 2 heterocycles. The first kappa shape index (κ1) is 21.6. The maximum Gasteiger partial charge on any atom is 0.268 e. The molecule has 8 heteroatoms. The molecular formula is C21H18I2N2O4. The van der Waals surface area contributed by atoms with Crippen molar-refractivity contribution in [3.05, 3.63) is 76.4 Å². The molecule has 0 amide bonds. The molecule has 2 aromatic heterocycles. The van der Waals surface area contributed by atoms with Gasteiger partial charge in [0.05, 0.1) is 18.1 Å². The molecule has 0 aliphatic rings. The van der Waals surface area contributed by atoms with E-state index in [1.807, 2.05) is 87.6 Å². The Balaban J connectivity index is 0.000000166. The molecule has 29 heavy (non-hydrogen) atoms. The maximum absolute atomic E-state index is 11.8. The molecule has 0 aliphatic carbocycles. The highest BCUT2D eigenvalue weighted by molar-refractivity contribution is 14.1. The van der Waals surface area contributed by atoms with Gasteiger partial charge >= 0.3 is 0 Å². The second-order valence-corrected chi connectivity index (χ2v) is 8.43. The number of hydrogen-bond acceptors (Lipinski definition) is 4. The lowest BCUT2D eigenvalue weighted by molar-refractivity contribution is 0.415. The monoisotopic (exact) mass is 616 g/mol. The van der Waals surface area contributed by atoms with Gasteiger partial charge in [-0.25, -0.2) is 0 Å². The number of benzene rings is 2. The predicted octanol–water partition coefficient (Wildman–Crippen LogP) is 4.00. The summed E-state index contributed by atoms with van der Waals surface area (Å²) in [6.07, 6.45) is 0. The summed E-state index contributed by atoms with van der Waals surface area (Å²) >= 11 is 3.88. The number of methoxy groups -OCH3 is 1. The van der Waals surface area contributed by atoms with Gasteiger partial charge in [-0.2, -0.15) is 0 Å². The van der Waals surface area contributed by atoms with Gasteiger partial charge in [0.1, 0.15) is 18.6 Å². The van der Waals surface area contributed by atoms with Crippen LogP contribution in [0.25, 0.3) is 21.8 Å². The van der Waals surface area contributed by atoms with E-state index in [1.165, 1.54) is 4.57 Å². The van der Waals surface area contributed by atoms with Gasteiger partial charge in [-0.15, -0.1) is 0 Å². The number of rotatable bonds is 1. The summed E-state index contributed by atoms with van der Waals surface area (Å²) in [4.78, 5) is 23.4. The first-order chi connectivity index (χ1) is 13.8. The molecule has 4 rings (SSSR count). The molecule has 0 atom stereocenters. The lowest BCUT2D eigenvalue weighted by Gasteiger charge is -2.10. The Morgan fingerprint density at radius 2 is 1.24 bits per heavy atom. The Morgan fingerprint density at radius 1 is 0.793 bits per heavy atom. The first-order valence-corrected chi connectivity index (χ1v) is 10.7. The van der Waals surface area contributed by atoms with Gasteiger partial charge in [0.25, 0.3) is 11.1 Å². The highest BCUT2D eigenvalue weighted by atomic mass is 127. The van der Waals surface area contributed by atoms with Crippen LogP contribution in [0, 0.1) is 7.14 Å². The Morgan fingerprint density at radius 3 is 1.79 bits per heavy atom. The van der Waals surface area contributed by atoms with Crippen LogP contribution < -0.4 is 15.9 Å². The standard InChI is InChI=1S/C11H10INO2.C10H8INO2/c1-13-8-6-4-3-5-7(8)10(15-2)9(12)11(13)14;1-12-7-5-3-2-4-6(7)9(13)8(11)10(12)14/h3-6H,1-2H3;2-5,13H,1H3. The Hall–Kier alpha value is -2.08. The minimum atomic E-state index is -0.165. The largest absolute Gasteiger partial charge is 0.506 e. The number of aromatic hydroxyl groups is 1. The molecule has 6 nitrogen and oxygen atoms in total. The van der Waals surface area contributed by atoms with Gasteiger partial charge in [-0.05, 0) is 69.4 Å². The van der Waals surface area contributed by atoms with E-state index >= 15 is 0 Å². The van der Waals surface area contributed by atoms with E-state index in [0.29, 0.717) is 18.3 Å². The third-order valence-electron chi connectivity index (χ3n) is 4.63. The number of para-hydroxylation sites is 2. The molecule has 0 unspecified atom stereocenters. The highest BCUT2D eigenvalue weighted by Gasteiger charge is 2.12. The van der Waals surface area contributed by atoms with E-state index in [4.69, 9.17) is 4.74 Å². The van der Waals surface area contributed by atoms with Gasteiger partial charge in [0.15, 0.2) is 0 Å². The molecule has 0 saturated carbocycles. The number of aryl methyl sites for hydroxylation is 2. The fourth-order valence-electron chi connectivity index (χ4n) is 3.07. The van der Waals surface area contributed by atoms with Crippen LogP contribution in [0.1, 0.15) is 0 Å². The molecule has 150 valence electrons. The van der Waals surface area contributed by atoms with E-state index in [2.05, 4.69) is 0 Å². The molecule has 0 radical (unpaired) electrons. The smallest absolute Gasteiger partial charge is 0.268 e. The number of halogens is 2. The lowest BCUT2D eigenvalue weighted by atomic mass is 10.2. The van der Waals surface area contributed by atoms with Gasteiger partial charge in [0.2, 0.25) is 0 Å². The topological polar surface area (TPSA) is 73.5 Å². The summed E-state index contributed by atoms with van der Waals surface area (Å²) < 4.78 is 9.44. The fraction of sp³-hybridized carbons (Fsp3) is 0.143. The van der Waals surface area contributed by atoms with E-state index in [1.54, 1.807) is 31.8 Å². The van der Waals surface area contributed by atoms with E-state index in [9.17, 15) is 14.7 Å². The number of hydrogen-bond donors (Lipinski definition) is 1. The Labute approximate surface area is 194 Å². The van der Waals surface area contributed by atoms with Crippen LogP contribution in [-0.2, 0) is 14.1 Å². The fourth-order valence-corrected chi connectivity index (χ4v) is 4.60. The van der Waals surface area contributed by atoms with E-state index < -0.39 is 0 Å². The molecule has 1 N–H and O–H groups in total. The second-order valence-electron chi connectivity index (χ2n) is 6.27. The van der Waals surface area contributed by atoms with Crippen LogP contribution in [0.5, 0.6) is 11.5 Å². The quantitative estimate of drug-likeness (QED) is 0.329. The van der Waals surface area contributed by atoms with E-state index in [-0.39, 0.29) is 16.9 Å². The normalized spacial score (nSPS) is 10.7. The molecule has 0 fully saturated rings. The van der Waals surface area contributed by atoms with Crippen LogP contribution in [-0.4, -0.2) is 21.4 Å². The minimum absolute atomic E-state index is 0.0221. The third-order valence-corrected chi connectivity index (χ3v) is 6.55. The van der Waals surface area contributed by atoms with Gasteiger partial charge < -0.3 is 19.0 Å². The third kappa shape index (κ3) is 3.87. The minimum Gasteiger partial charge on any atom is -0.506 e. The molecule has 2 aromatic carbocycles. The Kier molecular flexibility index (Phi) is 6.52. The van der Waals surface area contributed by atoms with Crippen LogP contribution >= 0.6 is 45.2 Å². The van der Waals surface area contributed by atoms with Crippen molar-refractivity contribution in [1.82, 2.24) is 9.13 Å². The van der Waals surface area contributed by atoms with Crippen molar-refractivity contribution in [3.63, 3.8) is 0 Å². The van der Waals surface area contributed by atoms with Crippen molar-refractivity contribution < 1.29 is 9.84 Å². The lowest BCUT2D eigenvalue weighted by Crippen LogP contribution is -2.20. The molecule has 4 aromatic rings. The van der Waals surface area contributed by atoms with Crippen LogP contribution in [0.4, 0.5) is 0 Å². The van der Waals surface area contributed by atoms with Crippen molar-refractivity contribution in [1.29, 1.82) is 0 Å². The number of fused-ring (bicyclic) bond motifs is 2. The molecule has 0 aliphatic heterocycles. The molecule has 0 spiro atoms. The van der Waals surface area contributed by atoms with Crippen molar-refractivity contribution in [3.8, 4) is 11.5 Å². The van der Waals surface area contributed by atoms with Crippen molar-refractivity contribution in [2.75, 3.05) is 7.11 Å². The summed E-state index contributed by atoms with van der Waals surface area (Å²) in [6, 6.07) is 15.0. The Bertz CT molecular complexity index is 1340. The highest BCUT2D eigenvalue weighted by Crippen LogP contribution is 2.28. The first-order valence-electron chi connectivity index (χ1n) is 8.57. The summed E-state index contributed by atoms with van der Waals surface area (Å²) in [6.45, 7) is 0. The predicted molar refractivity (Wildman–Crippen MR) is 132 cm³/mol. The average molecular weight is 616 g/mol. The van der Waals surface area contributed by atoms with Crippen molar-refractivity contribution in [2.24, 2.45) is 14.1 Å². The number of aromatic nitrogens is 2. The van der Waals surface area contributed by atoms with Crippen LogP contribution in [0.2, 0.25) is 0 Å². The molecular weight excluding hydrogens is 598 g/mol. The summed E-state index contributed by atoms with van der Waals surface area (Å²) in [5.41, 5.74) is 1.45. The SMILES string of the molecule is COc1c(I)c(=O)n(C)c2ccccc12.Cn1c(=O)c(I)c(O)c2ccccc21. The van der Waals surface area contributed by atoms with Crippen molar-refractivity contribution >= 4 is 67.0 Å². The zero-order chi connectivity index (χ0) is 21.3. The average Bonchev–Trinajstić information content (AvgIpc) is 2.75. The van der Waals surface area contributed by atoms with Crippen molar-refractivity contribution in [2.45, 2.75) is 0 Å². The number of nitrogens with zero attached hydrogens (tertiary/aromatic N) is 2. The molecule has 0 bridgehead atoms. The summed E-state index contributed by atoms with van der Waals surface area (Å²) in [7, 11) is 5.06. The summed E-state index contributed by atoms with van der Waals surface area (Å²) in [5.74, 6) is 0.735. The zero-order valence-corrected chi connectivity index (χ0v) is 20.3. The van der Waals surface area contributed by atoms with Gasteiger partial charge in [-0.1, -0.05) is 24.3 Å². The molecule has 0 saturated heterocycles. The van der Waals surface area contributed by atoms with Crippen LogP contribution in [0.3, 0.4) is 0 Å². The van der Waals surface area contributed by atoms with Gasteiger partial charge in [-0.3, -0.25) is 9.59 Å². The second kappa shape index (κ2) is 8.74. The van der Waals surface area contributed by atoms with Crippen LogP contribution in [0.15, 0.2) is 58.1 Å². The van der Waals surface area contributed by atoms with Gasteiger partial charge in [0, 0.05) is 24.9 Å². The van der Waals surface area contributed by atoms with E-state index in [0.717, 1.165) is 16.4 Å². The number of ether oxygens (including phenoxy) is 1. The zero-order valence-electron chi connectivity index (χ0n) is 15.9. The summed E-state index contributed by atoms with van der Waals surface area (Å²) in [5, 5.41) is 11.4. The number of pyridine rings is 2. The maximum atomic E-state index is 11.8.